The van der Waals surface area contributed by atoms with E-state index in [4.69, 9.17) is 4.74 Å². The number of hydrogen-bond acceptors (Lipinski definition) is 2. The molecule has 1 heterocycles. The van der Waals surface area contributed by atoms with E-state index in [-0.39, 0.29) is 12.0 Å². The molecule has 20 heavy (non-hydrogen) atoms. The Labute approximate surface area is 113 Å². The van der Waals surface area contributed by atoms with Crippen LogP contribution in [0.5, 0.6) is 5.75 Å². The molecule has 2 atom stereocenters. The van der Waals surface area contributed by atoms with Crippen LogP contribution in [0.15, 0.2) is 36.4 Å². The Morgan fingerprint density at radius 3 is 2.40 bits per heavy atom. The lowest BCUT2D eigenvalue weighted by atomic mass is 9.95. The van der Waals surface area contributed by atoms with Crippen molar-refractivity contribution in [2.24, 2.45) is 0 Å². The van der Waals surface area contributed by atoms with Crippen LogP contribution in [0.2, 0.25) is 0 Å². The minimum Gasteiger partial charge on any atom is -0.485 e. The molecule has 1 N–H and O–H groups in total. The number of halogens is 3. The molecule has 0 saturated carbocycles. The molecule has 0 aliphatic carbocycles. The van der Waals surface area contributed by atoms with Gasteiger partial charge in [0.1, 0.15) is 11.9 Å². The first-order chi connectivity index (χ1) is 9.56. The topological polar surface area (TPSA) is 29.5 Å². The highest BCUT2D eigenvalue weighted by Gasteiger charge is 2.29. The molecule has 1 unspecified atom stereocenters. The van der Waals surface area contributed by atoms with Gasteiger partial charge in [-0.05, 0) is 23.8 Å². The van der Waals surface area contributed by atoms with Crippen LogP contribution in [0, 0.1) is 17.5 Å². The number of para-hydroxylation sites is 1. The van der Waals surface area contributed by atoms with Crippen molar-refractivity contribution in [3.05, 3.63) is 65.0 Å². The Morgan fingerprint density at radius 1 is 1.05 bits per heavy atom. The fourth-order valence-corrected chi connectivity index (χ4v) is 2.36. The van der Waals surface area contributed by atoms with Gasteiger partial charge in [-0.2, -0.15) is 0 Å². The smallest absolute Gasteiger partial charge is 0.194 e. The number of aliphatic hydroxyl groups excluding tert-OH is 1. The molecule has 0 bridgehead atoms. The summed E-state index contributed by atoms with van der Waals surface area (Å²) in [5.74, 6) is -3.58. The van der Waals surface area contributed by atoms with Gasteiger partial charge in [-0.3, -0.25) is 0 Å². The first kappa shape index (κ1) is 13.0. The van der Waals surface area contributed by atoms with Crippen molar-refractivity contribution in [1.29, 1.82) is 0 Å². The molecule has 0 spiro atoms. The van der Waals surface area contributed by atoms with Crippen LogP contribution in [0.4, 0.5) is 13.2 Å². The molecule has 5 heteroatoms. The lowest BCUT2D eigenvalue weighted by Gasteiger charge is -2.29. The van der Waals surface area contributed by atoms with E-state index in [0.717, 1.165) is 12.1 Å². The summed E-state index contributed by atoms with van der Waals surface area (Å²) in [5.41, 5.74) is 0.793. The summed E-state index contributed by atoms with van der Waals surface area (Å²) in [6.07, 6.45) is -1.35. The van der Waals surface area contributed by atoms with Crippen LogP contribution in [0.25, 0.3) is 0 Å². The summed E-state index contributed by atoms with van der Waals surface area (Å²) < 4.78 is 45.1. The summed E-state index contributed by atoms with van der Waals surface area (Å²) in [6, 6.07) is 8.68. The second kappa shape index (κ2) is 4.83. The van der Waals surface area contributed by atoms with Gasteiger partial charge in [-0.15, -0.1) is 0 Å². The Bertz CT molecular complexity index is 634. The van der Waals surface area contributed by atoms with Crippen molar-refractivity contribution in [2.75, 3.05) is 0 Å². The molecule has 104 valence electrons. The van der Waals surface area contributed by atoms with E-state index in [2.05, 4.69) is 0 Å². The first-order valence-electron chi connectivity index (χ1n) is 6.14. The van der Waals surface area contributed by atoms with Crippen molar-refractivity contribution in [1.82, 2.24) is 0 Å². The summed E-state index contributed by atoms with van der Waals surface area (Å²) in [5, 5.41) is 10.0. The molecule has 0 radical (unpaired) electrons. The van der Waals surface area contributed by atoms with E-state index in [1.165, 1.54) is 0 Å². The molecule has 2 aromatic rings. The minimum absolute atomic E-state index is 0.154. The standard InChI is InChI=1S/C15H11F3O2/c16-10-5-8(6-11(17)15(10)18)14-7-12(19)9-3-1-2-4-13(9)20-14/h1-6,12,14,19H,7H2/t12-,14?/m1/s1. The number of hydrogen-bond donors (Lipinski definition) is 1. The molecule has 0 fully saturated rings. The van der Waals surface area contributed by atoms with Gasteiger partial charge in [-0.25, -0.2) is 13.2 Å². The van der Waals surface area contributed by atoms with E-state index in [9.17, 15) is 18.3 Å². The van der Waals surface area contributed by atoms with E-state index < -0.39 is 29.7 Å². The summed E-state index contributed by atoms with van der Waals surface area (Å²) in [4.78, 5) is 0. The largest absolute Gasteiger partial charge is 0.485 e. The fourth-order valence-electron chi connectivity index (χ4n) is 2.36. The molecule has 0 amide bonds. The number of ether oxygens (including phenoxy) is 1. The van der Waals surface area contributed by atoms with Crippen molar-refractivity contribution in [3.8, 4) is 5.75 Å². The Balaban J connectivity index is 1.98. The molecule has 2 aromatic carbocycles. The SMILES string of the molecule is O[C@@H]1CC(c2cc(F)c(F)c(F)c2)Oc2ccccc21. The number of aliphatic hydroxyl groups is 1. The Kier molecular flexibility index (Phi) is 3.14. The minimum atomic E-state index is -1.51. The molecule has 0 saturated heterocycles. The summed E-state index contributed by atoms with van der Waals surface area (Å²) in [6.45, 7) is 0. The number of benzene rings is 2. The highest BCUT2D eigenvalue weighted by molar-refractivity contribution is 5.38. The normalized spacial score (nSPS) is 21.2. The molecule has 0 aromatic heterocycles. The highest BCUT2D eigenvalue weighted by Crippen LogP contribution is 2.40. The van der Waals surface area contributed by atoms with Crippen molar-refractivity contribution < 1.29 is 23.0 Å². The van der Waals surface area contributed by atoms with Gasteiger partial charge in [0.15, 0.2) is 17.5 Å². The maximum atomic E-state index is 13.3. The highest BCUT2D eigenvalue weighted by atomic mass is 19.2. The zero-order chi connectivity index (χ0) is 14.3. The van der Waals surface area contributed by atoms with Gasteiger partial charge < -0.3 is 9.84 Å². The van der Waals surface area contributed by atoms with Gasteiger partial charge in [0.05, 0.1) is 6.10 Å². The van der Waals surface area contributed by atoms with E-state index in [1.807, 2.05) is 0 Å². The van der Waals surface area contributed by atoms with E-state index in [1.54, 1.807) is 24.3 Å². The van der Waals surface area contributed by atoms with Crippen molar-refractivity contribution in [3.63, 3.8) is 0 Å². The Morgan fingerprint density at radius 2 is 1.70 bits per heavy atom. The van der Waals surface area contributed by atoms with Crippen molar-refractivity contribution >= 4 is 0 Å². The molecular weight excluding hydrogens is 269 g/mol. The second-order valence-corrected chi connectivity index (χ2v) is 4.69. The van der Waals surface area contributed by atoms with E-state index >= 15 is 0 Å². The second-order valence-electron chi connectivity index (χ2n) is 4.69. The van der Waals surface area contributed by atoms with E-state index in [0.29, 0.717) is 11.3 Å². The van der Waals surface area contributed by atoms with Gasteiger partial charge in [0.25, 0.3) is 0 Å². The molecule has 3 rings (SSSR count). The maximum absolute atomic E-state index is 13.3. The van der Waals surface area contributed by atoms with Crippen LogP contribution in [-0.2, 0) is 0 Å². The van der Waals surface area contributed by atoms with Gasteiger partial charge >= 0.3 is 0 Å². The van der Waals surface area contributed by atoms with Crippen LogP contribution >= 0.6 is 0 Å². The lowest BCUT2D eigenvalue weighted by molar-refractivity contribution is 0.0653. The number of fused-ring (bicyclic) bond motifs is 1. The molecule has 1 aliphatic rings. The van der Waals surface area contributed by atoms with Gasteiger partial charge in [0.2, 0.25) is 0 Å². The third kappa shape index (κ3) is 2.14. The Hall–Kier alpha value is -2.01. The first-order valence-corrected chi connectivity index (χ1v) is 6.14. The average Bonchev–Trinajstić information content (AvgIpc) is 2.44. The van der Waals surface area contributed by atoms with Gasteiger partial charge in [0, 0.05) is 12.0 Å². The predicted molar refractivity (Wildman–Crippen MR) is 65.7 cm³/mol. The molecule has 1 aliphatic heterocycles. The van der Waals surface area contributed by atoms with Crippen LogP contribution in [0.1, 0.15) is 29.8 Å². The summed E-state index contributed by atoms with van der Waals surface area (Å²) >= 11 is 0. The van der Waals surface area contributed by atoms with Crippen molar-refractivity contribution in [2.45, 2.75) is 18.6 Å². The van der Waals surface area contributed by atoms with Crippen LogP contribution in [0.3, 0.4) is 0 Å². The lowest BCUT2D eigenvalue weighted by Crippen LogP contribution is -2.19. The average molecular weight is 280 g/mol. The van der Waals surface area contributed by atoms with Crippen LogP contribution in [-0.4, -0.2) is 5.11 Å². The molecular formula is C15H11F3O2. The third-order valence-electron chi connectivity index (χ3n) is 3.36. The van der Waals surface area contributed by atoms with Crippen LogP contribution < -0.4 is 4.74 Å². The zero-order valence-corrected chi connectivity index (χ0v) is 10.3. The molecule has 2 nitrogen and oxygen atoms in total. The quantitative estimate of drug-likeness (QED) is 0.808. The third-order valence-corrected chi connectivity index (χ3v) is 3.36. The number of rotatable bonds is 1. The monoisotopic (exact) mass is 280 g/mol. The predicted octanol–water partition coefficient (Wildman–Crippen LogP) is 3.66. The van der Waals surface area contributed by atoms with Gasteiger partial charge in [-0.1, -0.05) is 18.2 Å². The fraction of sp³-hybridized carbons (Fsp3) is 0.200. The zero-order valence-electron chi connectivity index (χ0n) is 10.3. The maximum Gasteiger partial charge on any atom is 0.194 e. The summed E-state index contributed by atoms with van der Waals surface area (Å²) in [7, 11) is 0.